The maximum atomic E-state index is 12.2. The van der Waals surface area contributed by atoms with E-state index in [1.807, 2.05) is 24.3 Å². The summed E-state index contributed by atoms with van der Waals surface area (Å²) in [5.41, 5.74) is 2.07. The molecule has 2 amide bonds. The SMILES string of the molecule is CNC(=O)CCc1ccc(NC(=S)NC(=O)c2cc(Cl)cc(Cl)c2)cc1. The van der Waals surface area contributed by atoms with E-state index in [0.717, 1.165) is 11.3 Å². The van der Waals surface area contributed by atoms with Gasteiger partial charge in [-0.15, -0.1) is 0 Å². The monoisotopic (exact) mass is 409 g/mol. The molecule has 0 saturated carbocycles. The lowest BCUT2D eigenvalue weighted by atomic mass is 10.1. The number of aryl methyl sites for hydroxylation is 1. The predicted octanol–water partition coefficient (Wildman–Crippen LogP) is 3.80. The van der Waals surface area contributed by atoms with E-state index in [-0.39, 0.29) is 11.0 Å². The normalized spacial score (nSPS) is 10.1. The molecule has 0 aliphatic rings. The fourth-order valence-electron chi connectivity index (χ4n) is 2.16. The Morgan fingerprint density at radius 2 is 1.65 bits per heavy atom. The molecule has 0 heterocycles. The molecule has 0 aliphatic carbocycles. The maximum Gasteiger partial charge on any atom is 0.257 e. The Morgan fingerprint density at radius 3 is 2.23 bits per heavy atom. The summed E-state index contributed by atoms with van der Waals surface area (Å²) in [7, 11) is 1.61. The molecule has 2 rings (SSSR count). The zero-order valence-corrected chi connectivity index (χ0v) is 16.3. The van der Waals surface area contributed by atoms with Crippen LogP contribution in [0.2, 0.25) is 10.0 Å². The number of halogens is 2. The first kappa shape index (κ1) is 20.2. The van der Waals surface area contributed by atoms with Crippen molar-refractivity contribution in [3.05, 3.63) is 63.6 Å². The summed E-state index contributed by atoms with van der Waals surface area (Å²) in [5, 5.41) is 8.98. The minimum absolute atomic E-state index is 0.00258. The first-order valence-corrected chi connectivity index (χ1v) is 8.92. The van der Waals surface area contributed by atoms with Gasteiger partial charge in [0, 0.05) is 34.8 Å². The van der Waals surface area contributed by atoms with E-state index < -0.39 is 5.91 Å². The van der Waals surface area contributed by atoms with Gasteiger partial charge >= 0.3 is 0 Å². The molecule has 8 heteroatoms. The zero-order chi connectivity index (χ0) is 19.1. The summed E-state index contributed by atoms with van der Waals surface area (Å²) in [5.74, 6) is -0.411. The van der Waals surface area contributed by atoms with Crippen LogP contribution in [0.25, 0.3) is 0 Å². The molecule has 136 valence electrons. The smallest absolute Gasteiger partial charge is 0.257 e. The Balaban J connectivity index is 1.90. The van der Waals surface area contributed by atoms with Crippen LogP contribution in [0.4, 0.5) is 5.69 Å². The minimum Gasteiger partial charge on any atom is -0.359 e. The second-order valence-electron chi connectivity index (χ2n) is 5.44. The quantitative estimate of drug-likeness (QED) is 0.656. The van der Waals surface area contributed by atoms with Crippen molar-refractivity contribution in [2.75, 3.05) is 12.4 Å². The second-order valence-corrected chi connectivity index (χ2v) is 6.72. The van der Waals surface area contributed by atoms with Gasteiger partial charge in [0.15, 0.2) is 5.11 Å². The lowest BCUT2D eigenvalue weighted by Crippen LogP contribution is -2.34. The molecule has 0 atom stereocenters. The van der Waals surface area contributed by atoms with E-state index in [1.54, 1.807) is 13.1 Å². The van der Waals surface area contributed by atoms with Crippen molar-refractivity contribution in [1.29, 1.82) is 0 Å². The number of carbonyl (C=O) groups excluding carboxylic acids is 2. The van der Waals surface area contributed by atoms with Gasteiger partial charge in [0.05, 0.1) is 0 Å². The van der Waals surface area contributed by atoms with Crippen LogP contribution in [0.5, 0.6) is 0 Å². The summed E-state index contributed by atoms with van der Waals surface area (Å²) in [6.45, 7) is 0. The number of carbonyl (C=O) groups is 2. The molecule has 0 spiro atoms. The number of hydrogen-bond acceptors (Lipinski definition) is 3. The van der Waals surface area contributed by atoms with Gasteiger partial charge in [0.25, 0.3) is 5.91 Å². The van der Waals surface area contributed by atoms with Crippen LogP contribution in [-0.2, 0) is 11.2 Å². The number of nitrogens with one attached hydrogen (secondary N) is 3. The molecular formula is C18H17Cl2N3O2S. The van der Waals surface area contributed by atoms with Crippen molar-refractivity contribution < 1.29 is 9.59 Å². The van der Waals surface area contributed by atoms with Gasteiger partial charge in [-0.05, 0) is 54.5 Å². The van der Waals surface area contributed by atoms with Crippen LogP contribution in [-0.4, -0.2) is 24.0 Å². The molecule has 3 N–H and O–H groups in total. The third-order valence-corrected chi connectivity index (χ3v) is 4.12. The van der Waals surface area contributed by atoms with E-state index >= 15 is 0 Å². The van der Waals surface area contributed by atoms with Crippen LogP contribution in [0.1, 0.15) is 22.3 Å². The summed E-state index contributed by atoms with van der Waals surface area (Å²) in [6.07, 6.45) is 1.08. The largest absolute Gasteiger partial charge is 0.359 e. The summed E-state index contributed by atoms with van der Waals surface area (Å²) in [4.78, 5) is 23.4. The van der Waals surface area contributed by atoms with Crippen molar-refractivity contribution in [2.24, 2.45) is 0 Å². The average molecular weight is 410 g/mol. The van der Waals surface area contributed by atoms with Crippen LogP contribution < -0.4 is 16.0 Å². The molecule has 0 bridgehead atoms. The van der Waals surface area contributed by atoms with E-state index in [1.165, 1.54) is 12.1 Å². The van der Waals surface area contributed by atoms with Gasteiger partial charge in [-0.3, -0.25) is 14.9 Å². The molecule has 0 fully saturated rings. The van der Waals surface area contributed by atoms with Gasteiger partial charge in [0.2, 0.25) is 5.91 Å². The number of benzene rings is 2. The summed E-state index contributed by atoms with van der Waals surface area (Å²) in [6, 6.07) is 12.0. The highest BCUT2D eigenvalue weighted by Gasteiger charge is 2.10. The standard InChI is InChI=1S/C18H17Cl2N3O2S/c1-21-16(24)7-4-11-2-5-15(6-3-11)22-18(26)23-17(25)12-8-13(19)10-14(20)9-12/h2-3,5-6,8-10H,4,7H2,1H3,(H,21,24)(H2,22,23,25,26). The second kappa shape index (κ2) is 9.52. The average Bonchev–Trinajstić information content (AvgIpc) is 2.59. The van der Waals surface area contributed by atoms with Crippen LogP contribution in [0.15, 0.2) is 42.5 Å². The van der Waals surface area contributed by atoms with Crippen molar-refractivity contribution in [3.63, 3.8) is 0 Å². The highest BCUT2D eigenvalue weighted by atomic mass is 35.5. The molecule has 0 aliphatic heterocycles. The number of rotatable bonds is 5. The summed E-state index contributed by atoms with van der Waals surface area (Å²) < 4.78 is 0. The van der Waals surface area contributed by atoms with Gasteiger partial charge < -0.3 is 10.6 Å². The van der Waals surface area contributed by atoms with Gasteiger partial charge in [-0.1, -0.05) is 35.3 Å². The summed E-state index contributed by atoms with van der Waals surface area (Å²) >= 11 is 16.9. The van der Waals surface area contributed by atoms with Gasteiger partial charge in [0.1, 0.15) is 0 Å². The zero-order valence-electron chi connectivity index (χ0n) is 13.9. The Morgan fingerprint density at radius 1 is 1.04 bits per heavy atom. The number of hydrogen-bond donors (Lipinski definition) is 3. The van der Waals surface area contributed by atoms with Crippen molar-refractivity contribution in [2.45, 2.75) is 12.8 Å². The number of thiocarbonyl (C=S) groups is 1. The van der Waals surface area contributed by atoms with Gasteiger partial charge in [-0.25, -0.2) is 0 Å². The molecule has 5 nitrogen and oxygen atoms in total. The fourth-order valence-corrected chi connectivity index (χ4v) is 2.90. The Kier molecular flexibility index (Phi) is 7.38. The molecule has 0 unspecified atom stereocenters. The highest BCUT2D eigenvalue weighted by molar-refractivity contribution is 7.80. The van der Waals surface area contributed by atoms with Crippen molar-refractivity contribution in [3.8, 4) is 0 Å². The van der Waals surface area contributed by atoms with E-state index in [4.69, 9.17) is 35.4 Å². The van der Waals surface area contributed by atoms with Crippen molar-refractivity contribution in [1.82, 2.24) is 10.6 Å². The molecule has 0 aromatic heterocycles. The van der Waals surface area contributed by atoms with Crippen LogP contribution >= 0.6 is 35.4 Å². The molecular weight excluding hydrogens is 393 g/mol. The molecule has 0 radical (unpaired) electrons. The minimum atomic E-state index is -0.408. The van der Waals surface area contributed by atoms with E-state index in [9.17, 15) is 9.59 Å². The van der Waals surface area contributed by atoms with E-state index in [2.05, 4.69) is 16.0 Å². The maximum absolute atomic E-state index is 12.2. The first-order chi connectivity index (χ1) is 12.4. The van der Waals surface area contributed by atoms with Crippen LogP contribution in [0.3, 0.4) is 0 Å². The van der Waals surface area contributed by atoms with Crippen LogP contribution in [0, 0.1) is 0 Å². The van der Waals surface area contributed by atoms with E-state index in [0.29, 0.717) is 28.5 Å². The third kappa shape index (κ3) is 6.29. The molecule has 2 aromatic rings. The van der Waals surface area contributed by atoms with Crippen molar-refractivity contribution >= 4 is 58.0 Å². The third-order valence-electron chi connectivity index (χ3n) is 3.48. The Bertz CT molecular complexity index is 805. The number of amides is 2. The lowest BCUT2D eigenvalue weighted by molar-refractivity contribution is -0.120. The highest BCUT2D eigenvalue weighted by Crippen LogP contribution is 2.19. The fraction of sp³-hybridized carbons (Fsp3) is 0.167. The lowest BCUT2D eigenvalue weighted by Gasteiger charge is -2.10. The number of anilines is 1. The first-order valence-electron chi connectivity index (χ1n) is 7.75. The Labute approximate surface area is 167 Å². The molecule has 26 heavy (non-hydrogen) atoms. The predicted molar refractivity (Wildman–Crippen MR) is 109 cm³/mol. The Hall–Kier alpha value is -2.15. The molecule has 2 aromatic carbocycles. The molecule has 0 saturated heterocycles. The van der Waals surface area contributed by atoms with Gasteiger partial charge in [-0.2, -0.15) is 0 Å². The topological polar surface area (TPSA) is 70.2 Å².